The van der Waals surface area contributed by atoms with Crippen molar-refractivity contribution in [1.29, 1.82) is 0 Å². The second-order valence-electron chi connectivity index (χ2n) is 5.95. The lowest BCUT2D eigenvalue weighted by atomic mass is 9.71. The number of carbonyl (C=O) groups excluding carboxylic acids is 1. The van der Waals surface area contributed by atoms with Crippen molar-refractivity contribution in [2.24, 2.45) is 11.8 Å². The maximum absolute atomic E-state index is 14.2. The number of halogens is 9. The van der Waals surface area contributed by atoms with E-state index in [0.717, 1.165) is 13.0 Å². The predicted molar refractivity (Wildman–Crippen MR) is 68.0 cm³/mol. The van der Waals surface area contributed by atoms with E-state index in [1.807, 2.05) is 0 Å². The van der Waals surface area contributed by atoms with E-state index < -0.39 is 47.1 Å². The zero-order valence-electron chi connectivity index (χ0n) is 12.5. The first kappa shape index (κ1) is 19.6. The van der Waals surface area contributed by atoms with Crippen LogP contribution in [-0.4, -0.2) is 29.7 Å². The second-order valence-corrected chi connectivity index (χ2v) is 5.95. The van der Waals surface area contributed by atoms with Gasteiger partial charge in [-0.1, -0.05) is 31.2 Å². The third-order valence-electron chi connectivity index (χ3n) is 4.24. The molecule has 1 aromatic rings. The molecule has 1 nitrogen and oxygen atoms in total. The minimum absolute atomic E-state index is 0.234. The van der Waals surface area contributed by atoms with Gasteiger partial charge >= 0.3 is 23.9 Å². The third-order valence-corrected chi connectivity index (χ3v) is 4.24. The molecule has 0 radical (unpaired) electrons. The number of alkyl halides is 9. The van der Waals surface area contributed by atoms with Gasteiger partial charge in [0.2, 0.25) is 0 Å². The first-order valence-electron chi connectivity index (χ1n) is 6.98. The molecule has 2 rings (SSSR count). The molecule has 2 unspecified atom stereocenters. The molecule has 140 valence electrons. The molecule has 1 aromatic carbocycles. The lowest BCUT2D eigenvalue weighted by Gasteiger charge is -2.41. The Balaban J connectivity index is 2.54. The largest absolute Gasteiger partial charge is 0.460 e. The molecule has 0 fully saturated rings. The van der Waals surface area contributed by atoms with E-state index in [2.05, 4.69) is 0 Å². The Morgan fingerprint density at radius 1 is 0.880 bits per heavy atom. The number of benzene rings is 1. The van der Waals surface area contributed by atoms with Crippen molar-refractivity contribution in [2.75, 3.05) is 0 Å². The SMILES string of the molecule is CC1Cc2ccccc2C(=O)C1C(F)(F)C(F)(F)C(F)(F)C(F)(F)F. The molecule has 25 heavy (non-hydrogen) atoms. The molecule has 2 atom stereocenters. The van der Waals surface area contributed by atoms with Crippen LogP contribution >= 0.6 is 0 Å². The summed E-state index contributed by atoms with van der Waals surface area (Å²) in [5, 5.41) is 0. The highest BCUT2D eigenvalue weighted by molar-refractivity contribution is 6.01. The van der Waals surface area contributed by atoms with E-state index in [4.69, 9.17) is 0 Å². The van der Waals surface area contributed by atoms with Gasteiger partial charge in [-0.15, -0.1) is 0 Å². The Morgan fingerprint density at radius 3 is 1.92 bits per heavy atom. The molecule has 1 aliphatic rings. The molecule has 0 amide bonds. The molecule has 0 N–H and O–H groups in total. The summed E-state index contributed by atoms with van der Waals surface area (Å²) in [4.78, 5) is 12.2. The monoisotopic (exact) mass is 378 g/mol. The van der Waals surface area contributed by atoms with Crippen molar-refractivity contribution in [1.82, 2.24) is 0 Å². The number of ketones is 1. The highest BCUT2D eigenvalue weighted by Crippen LogP contribution is 2.57. The molecule has 10 heteroatoms. The van der Waals surface area contributed by atoms with E-state index in [-0.39, 0.29) is 12.0 Å². The van der Waals surface area contributed by atoms with E-state index in [0.29, 0.717) is 0 Å². The number of Topliss-reactive ketones (excluding diaryl/α,β-unsaturated/α-hetero) is 1. The highest BCUT2D eigenvalue weighted by atomic mass is 19.4. The van der Waals surface area contributed by atoms with Crippen LogP contribution in [-0.2, 0) is 6.42 Å². The Kier molecular flexibility index (Phi) is 4.41. The van der Waals surface area contributed by atoms with Crippen LogP contribution in [0.2, 0.25) is 0 Å². The number of carbonyl (C=O) groups is 1. The van der Waals surface area contributed by atoms with Crippen LogP contribution in [0.1, 0.15) is 22.8 Å². The van der Waals surface area contributed by atoms with Crippen LogP contribution in [0.5, 0.6) is 0 Å². The summed E-state index contributed by atoms with van der Waals surface area (Å²) in [6.45, 7) is 0.925. The zero-order valence-corrected chi connectivity index (χ0v) is 12.5. The Morgan fingerprint density at radius 2 is 1.40 bits per heavy atom. The normalized spacial score (nSPS) is 22.7. The molecule has 0 bridgehead atoms. The smallest absolute Gasteiger partial charge is 0.294 e. The van der Waals surface area contributed by atoms with E-state index >= 15 is 0 Å². The molecular weight excluding hydrogens is 367 g/mol. The summed E-state index contributed by atoms with van der Waals surface area (Å²) in [7, 11) is 0. The van der Waals surface area contributed by atoms with Gasteiger partial charge in [0.05, 0.1) is 5.92 Å². The van der Waals surface area contributed by atoms with Crippen LogP contribution < -0.4 is 0 Å². The molecule has 0 heterocycles. The van der Waals surface area contributed by atoms with Crippen molar-refractivity contribution in [3.63, 3.8) is 0 Å². The minimum atomic E-state index is -7.00. The van der Waals surface area contributed by atoms with Gasteiger partial charge in [-0.05, 0) is 17.9 Å². The average Bonchev–Trinajstić information content (AvgIpc) is 2.45. The fourth-order valence-electron chi connectivity index (χ4n) is 2.93. The fraction of sp³-hybridized carbons (Fsp3) is 0.533. The van der Waals surface area contributed by atoms with Gasteiger partial charge in [0.1, 0.15) is 0 Å². The fourth-order valence-corrected chi connectivity index (χ4v) is 2.93. The van der Waals surface area contributed by atoms with Gasteiger partial charge in [0.25, 0.3) is 0 Å². The van der Waals surface area contributed by atoms with Gasteiger partial charge in [0, 0.05) is 5.56 Å². The highest BCUT2D eigenvalue weighted by Gasteiger charge is 2.83. The van der Waals surface area contributed by atoms with Gasteiger partial charge in [-0.3, -0.25) is 4.79 Å². The molecular formula is C15H11F9O. The predicted octanol–water partition coefficient (Wildman–Crippen LogP) is 5.15. The molecule has 0 aromatic heterocycles. The van der Waals surface area contributed by atoms with Crippen molar-refractivity contribution in [2.45, 2.75) is 37.3 Å². The minimum Gasteiger partial charge on any atom is -0.294 e. The van der Waals surface area contributed by atoms with E-state index in [1.54, 1.807) is 0 Å². The number of fused-ring (bicyclic) bond motifs is 1. The van der Waals surface area contributed by atoms with Crippen molar-refractivity contribution >= 4 is 5.78 Å². The Bertz CT molecular complexity index is 678. The standard InChI is InChI=1S/C15H11F9O/c1-7-6-8-4-2-3-5-9(8)11(25)10(7)12(16,17)13(18,19)14(20,21)15(22,23)24/h2-5,7,10H,6H2,1H3. The van der Waals surface area contributed by atoms with Gasteiger partial charge < -0.3 is 0 Å². The maximum Gasteiger partial charge on any atom is 0.460 e. The topological polar surface area (TPSA) is 17.1 Å². The molecule has 0 spiro atoms. The van der Waals surface area contributed by atoms with Crippen LogP contribution in [0.3, 0.4) is 0 Å². The van der Waals surface area contributed by atoms with Crippen molar-refractivity contribution in [3.8, 4) is 0 Å². The van der Waals surface area contributed by atoms with E-state index in [9.17, 15) is 44.3 Å². The second kappa shape index (κ2) is 5.63. The van der Waals surface area contributed by atoms with Gasteiger partial charge in [-0.25, -0.2) is 0 Å². The quantitative estimate of drug-likeness (QED) is 0.666. The first-order chi connectivity index (χ1) is 11.2. The average molecular weight is 378 g/mol. The molecule has 0 saturated heterocycles. The summed E-state index contributed by atoms with van der Waals surface area (Å²) in [6, 6.07) is 5.08. The third kappa shape index (κ3) is 2.69. The molecule has 0 saturated carbocycles. The zero-order chi connectivity index (χ0) is 19.4. The van der Waals surface area contributed by atoms with Crippen LogP contribution in [0.15, 0.2) is 24.3 Å². The summed E-state index contributed by atoms with van der Waals surface area (Å²) in [6.07, 6.45) is -7.24. The Labute approximate surface area is 135 Å². The number of hydrogen-bond acceptors (Lipinski definition) is 1. The van der Waals surface area contributed by atoms with Crippen molar-refractivity contribution in [3.05, 3.63) is 35.4 Å². The van der Waals surface area contributed by atoms with Crippen LogP contribution in [0.25, 0.3) is 0 Å². The van der Waals surface area contributed by atoms with Gasteiger partial charge in [-0.2, -0.15) is 39.5 Å². The number of hydrogen-bond donors (Lipinski definition) is 0. The van der Waals surface area contributed by atoms with Crippen LogP contribution in [0, 0.1) is 11.8 Å². The van der Waals surface area contributed by atoms with Crippen molar-refractivity contribution < 1.29 is 44.3 Å². The maximum atomic E-state index is 14.2. The van der Waals surface area contributed by atoms with E-state index in [1.165, 1.54) is 18.2 Å². The lowest BCUT2D eigenvalue weighted by Crippen LogP contribution is -2.65. The lowest BCUT2D eigenvalue weighted by molar-refractivity contribution is -0.402. The van der Waals surface area contributed by atoms with Crippen LogP contribution in [0.4, 0.5) is 39.5 Å². The summed E-state index contributed by atoms with van der Waals surface area (Å²) in [5.74, 6) is -25.9. The molecule has 0 aliphatic heterocycles. The van der Waals surface area contributed by atoms with Gasteiger partial charge in [0.15, 0.2) is 5.78 Å². The number of rotatable bonds is 3. The first-order valence-corrected chi connectivity index (χ1v) is 6.98. The summed E-state index contributed by atoms with van der Waals surface area (Å²) >= 11 is 0. The molecule has 1 aliphatic carbocycles. The summed E-state index contributed by atoms with van der Waals surface area (Å²) < 4.78 is 118. The summed E-state index contributed by atoms with van der Waals surface area (Å²) in [5.41, 5.74) is -0.158. The Hall–Kier alpha value is -1.74.